The van der Waals surface area contributed by atoms with E-state index in [0.717, 1.165) is 78.4 Å². The quantitative estimate of drug-likeness (QED) is 0.0449. The van der Waals surface area contributed by atoms with Crippen molar-refractivity contribution in [2.24, 2.45) is 0 Å². The average molecular weight is 1710 g/mol. The van der Waals surface area contributed by atoms with Crippen LogP contribution in [0, 0.1) is 6.92 Å². The van der Waals surface area contributed by atoms with Crippen LogP contribution in [0.5, 0.6) is 0 Å². The Balaban J connectivity index is 0.000000128. The fraction of sp³-hybridized carbons (Fsp3) is 0.0123. The molecule has 8 aromatic carbocycles. The highest BCUT2D eigenvalue weighted by atomic mass is 79.9. The zero-order valence-corrected chi connectivity index (χ0v) is 66.2. The Kier molecular flexibility index (Phi) is 23.9. The molecule has 0 bridgehead atoms. The van der Waals surface area contributed by atoms with Crippen molar-refractivity contribution in [2.45, 2.75) is 6.92 Å². The number of thiophene rings is 8. The molecular weight excluding hydrogens is 1660 g/mol. The lowest BCUT2D eigenvalue weighted by Crippen LogP contribution is -2.13. The van der Waals surface area contributed by atoms with Gasteiger partial charge in [-0.15, -0.1) is 90.7 Å². The summed E-state index contributed by atoms with van der Waals surface area (Å²) in [4.78, 5) is 98.0. The number of carbonyl (C=O) groups is 8. The van der Waals surface area contributed by atoms with Crippen LogP contribution in [0.3, 0.4) is 0 Å². The fourth-order valence-electron chi connectivity index (χ4n) is 11.3. The van der Waals surface area contributed by atoms with E-state index < -0.39 is 23.9 Å². The standard InChI is InChI=1S/C21H15NO3S2.C20H12BrNO3S2.C20H11Cl2NO3S2.C20H12ClNO3S2/c1-12-2-4-13(5-3-12)16-11-27-20(18(16)21(24)25)22-19(23)15-6-7-17-14(10-15)8-9-26-17;21-14-4-1-11(2-5-14)15-10-27-19(17(15)20(24)25)22-18(23)13-3-6-16-12(9-13)7-8-26-16;21-12-2-3-13(15(22)8-12)14-9-28-19(17(14)20(25)26)23-18(24)11-1-4-16-10(7-11)5-6-27-16;21-14-4-1-11(2-5-14)15-10-27-19(17(15)20(24)25)22-18(23)13-3-6-16-12(9-13)7-8-26-16/h2-11H,1H3,(H,22,23)(H,24,25);1-10H,(H,22,23)(H,24,25);1-9H,(H,23,24)(H,25,26);1-10H,(H,22,23)(H,24,25). The monoisotopic (exact) mass is 1710 g/mol. The Morgan fingerprint density at radius 3 is 0.908 bits per heavy atom. The van der Waals surface area contributed by atoms with Gasteiger partial charge in [0, 0.05) is 110 Å². The Labute approximate surface area is 675 Å². The van der Waals surface area contributed by atoms with Crippen LogP contribution >= 0.6 is 141 Å². The summed E-state index contributed by atoms with van der Waals surface area (Å²) < 4.78 is 5.30. The maximum absolute atomic E-state index is 12.7. The zero-order valence-electron chi connectivity index (χ0n) is 55.8. The lowest BCUT2D eigenvalue weighted by molar-refractivity contribution is 0.0688. The van der Waals surface area contributed by atoms with Crippen molar-refractivity contribution >= 4 is 249 Å². The topological polar surface area (TPSA) is 266 Å². The third kappa shape index (κ3) is 17.6. The number of hydrogen-bond donors (Lipinski definition) is 8. The van der Waals surface area contributed by atoms with Crippen molar-refractivity contribution in [1.29, 1.82) is 0 Å². The Morgan fingerprint density at radius 1 is 0.312 bits per heavy atom. The number of anilines is 4. The van der Waals surface area contributed by atoms with Gasteiger partial charge in [-0.05, 0) is 200 Å². The maximum Gasteiger partial charge on any atom is 0.339 e. The number of benzene rings is 8. The minimum Gasteiger partial charge on any atom is -0.478 e. The second-order valence-corrected chi connectivity index (χ2v) is 33.2. The number of hydrogen-bond acceptors (Lipinski definition) is 16. The van der Waals surface area contributed by atoms with Gasteiger partial charge in [-0.2, -0.15) is 0 Å². The Morgan fingerprint density at radius 2 is 0.596 bits per heavy atom. The first kappa shape index (κ1) is 76.7. The second kappa shape index (κ2) is 34.0. The van der Waals surface area contributed by atoms with E-state index in [9.17, 15) is 58.8 Å². The number of carboxylic acids is 4. The molecule has 542 valence electrons. The molecule has 0 unspecified atom stereocenters. The van der Waals surface area contributed by atoms with E-state index in [2.05, 4.69) is 37.2 Å². The molecule has 8 aromatic heterocycles. The van der Waals surface area contributed by atoms with Crippen molar-refractivity contribution in [2.75, 3.05) is 21.3 Å². The number of carbonyl (C=O) groups excluding carboxylic acids is 4. The van der Waals surface area contributed by atoms with Gasteiger partial charge in [-0.1, -0.05) is 111 Å². The number of aryl methyl sites for hydroxylation is 1. The van der Waals surface area contributed by atoms with E-state index in [1.54, 1.807) is 146 Å². The van der Waals surface area contributed by atoms with Crippen molar-refractivity contribution in [3.8, 4) is 44.5 Å². The molecule has 16 aromatic rings. The molecule has 0 saturated heterocycles. The van der Waals surface area contributed by atoms with Crippen LogP contribution in [-0.4, -0.2) is 67.9 Å². The second-order valence-electron chi connectivity index (χ2n) is 23.6. The predicted octanol–water partition coefficient (Wildman–Crippen LogP) is 25.4. The minimum absolute atomic E-state index is 0.000756. The highest BCUT2D eigenvalue weighted by Gasteiger charge is 2.27. The van der Waals surface area contributed by atoms with Gasteiger partial charge in [-0.3, -0.25) is 19.2 Å². The first-order chi connectivity index (χ1) is 52.5. The van der Waals surface area contributed by atoms with Gasteiger partial charge >= 0.3 is 23.9 Å². The Bertz CT molecular complexity index is 5770. The lowest BCUT2D eigenvalue weighted by atomic mass is 10.0. The van der Waals surface area contributed by atoms with Crippen LogP contribution in [0.4, 0.5) is 20.0 Å². The van der Waals surface area contributed by atoms with Gasteiger partial charge in [0.15, 0.2) is 0 Å². The molecule has 16 rings (SSSR count). The summed E-state index contributed by atoms with van der Waals surface area (Å²) in [6.07, 6.45) is 0. The molecule has 0 aliphatic carbocycles. The normalized spacial score (nSPS) is 10.9. The number of fused-ring (bicyclic) bond motifs is 4. The molecule has 0 saturated carbocycles. The number of aromatic carboxylic acids is 4. The van der Waals surface area contributed by atoms with Gasteiger partial charge < -0.3 is 41.7 Å². The molecular formula is C81H50BrCl3N4O12S8. The third-order valence-electron chi connectivity index (χ3n) is 16.7. The van der Waals surface area contributed by atoms with Crippen LogP contribution in [-0.2, 0) is 0 Å². The molecule has 0 radical (unpaired) electrons. The molecule has 16 nitrogen and oxygen atoms in total. The van der Waals surface area contributed by atoms with Crippen LogP contribution in [0.2, 0.25) is 15.1 Å². The first-order valence-corrected chi connectivity index (χ1v) is 41.1. The van der Waals surface area contributed by atoms with Crippen molar-refractivity contribution in [3.63, 3.8) is 0 Å². The summed E-state index contributed by atoms with van der Waals surface area (Å²) in [5.74, 6) is -5.72. The zero-order chi connectivity index (χ0) is 76.7. The maximum atomic E-state index is 12.7. The molecule has 28 heteroatoms. The number of rotatable bonds is 16. The Hall–Kier alpha value is -10.5. The van der Waals surface area contributed by atoms with E-state index in [0.29, 0.717) is 80.1 Å². The smallest absolute Gasteiger partial charge is 0.339 e. The van der Waals surface area contributed by atoms with Crippen LogP contribution in [0.25, 0.3) is 84.9 Å². The van der Waals surface area contributed by atoms with Gasteiger partial charge in [-0.25, -0.2) is 19.2 Å². The SMILES string of the molecule is Cc1ccc(-c2csc(NC(=O)c3ccc4sccc4c3)c2C(=O)O)cc1.O=C(Nc1scc(-c2ccc(Br)cc2)c1C(=O)O)c1ccc2sccc2c1.O=C(Nc1scc(-c2ccc(Cl)cc2)c1C(=O)O)c1ccc2sccc2c1.O=C(Nc1scc(-c2ccc(Cl)cc2Cl)c1C(=O)O)c1ccc2sccc2c1. The number of halogens is 4. The van der Waals surface area contributed by atoms with Gasteiger partial charge in [0.2, 0.25) is 0 Å². The third-order valence-corrected chi connectivity index (χ3v) is 25.2. The molecule has 0 spiro atoms. The molecule has 8 heterocycles. The van der Waals surface area contributed by atoms with Crippen molar-refractivity contribution < 1.29 is 58.8 Å². The average Bonchev–Trinajstić information content (AvgIpc) is 1.66. The fourth-order valence-corrected chi connectivity index (χ4v) is 19.1. The first-order valence-electron chi connectivity index (χ1n) is 32.1. The molecule has 0 atom stereocenters. The molecule has 0 aliphatic heterocycles. The van der Waals surface area contributed by atoms with Crippen LogP contribution < -0.4 is 21.3 Å². The van der Waals surface area contributed by atoms with Gasteiger partial charge in [0.25, 0.3) is 23.6 Å². The summed E-state index contributed by atoms with van der Waals surface area (Å²) >= 11 is 32.6. The van der Waals surface area contributed by atoms with E-state index in [1.165, 1.54) is 34.0 Å². The summed E-state index contributed by atoms with van der Waals surface area (Å²) in [5, 5.41) is 71.1. The molecule has 4 amide bonds. The summed E-state index contributed by atoms with van der Waals surface area (Å²) in [6.45, 7) is 1.98. The van der Waals surface area contributed by atoms with Crippen LogP contribution in [0.15, 0.2) is 236 Å². The highest BCUT2D eigenvalue weighted by molar-refractivity contribution is 9.10. The molecule has 109 heavy (non-hydrogen) atoms. The lowest BCUT2D eigenvalue weighted by Gasteiger charge is -2.08. The molecule has 8 N–H and O–H groups in total. The summed E-state index contributed by atoms with van der Waals surface area (Å²) in [6, 6.07) is 56.3. The van der Waals surface area contributed by atoms with E-state index in [4.69, 9.17) is 34.8 Å². The van der Waals surface area contributed by atoms with Gasteiger partial charge in [0.05, 0.1) is 0 Å². The number of carboxylic acid groups (broad SMARTS) is 4. The minimum atomic E-state index is -1.15. The molecule has 0 aliphatic rings. The van der Waals surface area contributed by atoms with E-state index in [-0.39, 0.29) is 50.9 Å². The number of nitrogens with one attached hydrogen (secondary N) is 4. The van der Waals surface area contributed by atoms with Crippen molar-refractivity contribution in [1.82, 2.24) is 0 Å². The van der Waals surface area contributed by atoms with E-state index >= 15 is 0 Å². The predicted molar refractivity (Wildman–Crippen MR) is 453 cm³/mol. The molecule has 0 fully saturated rings. The van der Waals surface area contributed by atoms with Crippen molar-refractivity contribution in [3.05, 3.63) is 301 Å². The summed E-state index contributed by atoms with van der Waals surface area (Å²) in [5.41, 5.74) is 8.39. The van der Waals surface area contributed by atoms with Gasteiger partial charge in [0.1, 0.15) is 42.3 Å². The van der Waals surface area contributed by atoms with E-state index in [1.807, 2.05) is 138 Å². The van der Waals surface area contributed by atoms with Crippen LogP contribution in [0.1, 0.15) is 88.4 Å². The largest absolute Gasteiger partial charge is 0.478 e. The highest BCUT2D eigenvalue weighted by Crippen LogP contribution is 2.43. The summed E-state index contributed by atoms with van der Waals surface area (Å²) in [7, 11) is 0. The number of amides is 4.